The van der Waals surface area contributed by atoms with Crippen LogP contribution in [0.4, 0.5) is 4.79 Å². The van der Waals surface area contributed by atoms with E-state index < -0.39 is 0 Å². The van der Waals surface area contributed by atoms with Crippen molar-refractivity contribution in [3.8, 4) is 0 Å². The number of urea groups is 1. The van der Waals surface area contributed by atoms with Gasteiger partial charge in [-0.3, -0.25) is 14.5 Å². The van der Waals surface area contributed by atoms with E-state index in [2.05, 4.69) is 29.0 Å². The Balaban J connectivity index is 1.97. The number of likely N-dealkylation sites (tertiary alicyclic amines) is 1. The first kappa shape index (κ1) is 22.8. The van der Waals surface area contributed by atoms with Crippen LogP contribution < -0.4 is 5.32 Å². The van der Waals surface area contributed by atoms with E-state index in [9.17, 15) is 14.4 Å². The second-order valence-corrected chi connectivity index (χ2v) is 8.23. The molecule has 2 fully saturated rings. The molecule has 1 aliphatic carbocycles. The number of Topliss-reactive ketones (excluding diaryl/α,β-unsaturated/α-hetero) is 1. The van der Waals surface area contributed by atoms with Gasteiger partial charge in [0.05, 0.1) is 5.92 Å². The predicted octanol–water partition coefficient (Wildman–Crippen LogP) is 1.97. The summed E-state index contributed by atoms with van der Waals surface area (Å²) >= 11 is 0. The number of fused-ring (bicyclic) bond motifs is 1. The zero-order valence-corrected chi connectivity index (χ0v) is 18.1. The molecule has 2 rings (SSSR count). The van der Waals surface area contributed by atoms with E-state index >= 15 is 0 Å². The number of nitrogens with zero attached hydrogens (tertiary/aromatic N) is 3. The Kier molecular flexibility index (Phi) is 8.89. The molecular weight excluding hydrogens is 356 g/mol. The van der Waals surface area contributed by atoms with Crippen LogP contribution in [-0.4, -0.2) is 84.8 Å². The number of rotatable bonds is 8. The van der Waals surface area contributed by atoms with Crippen LogP contribution >= 0.6 is 0 Å². The van der Waals surface area contributed by atoms with Crippen LogP contribution in [0.5, 0.6) is 0 Å². The molecule has 0 aromatic carbocycles. The van der Waals surface area contributed by atoms with Gasteiger partial charge in [-0.2, -0.15) is 0 Å². The Bertz CT molecular complexity index is 550. The predicted molar refractivity (Wildman–Crippen MR) is 110 cm³/mol. The fourth-order valence-electron chi connectivity index (χ4n) is 4.71. The molecule has 1 saturated carbocycles. The van der Waals surface area contributed by atoms with Crippen molar-refractivity contribution in [1.29, 1.82) is 0 Å². The van der Waals surface area contributed by atoms with Crippen molar-refractivity contribution in [2.75, 3.05) is 46.3 Å². The topological polar surface area (TPSA) is 73.0 Å². The third kappa shape index (κ3) is 5.77. The first-order valence-corrected chi connectivity index (χ1v) is 10.9. The van der Waals surface area contributed by atoms with Gasteiger partial charge in [0.25, 0.3) is 0 Å². The summed E-state index contributed by atoms with van der Waals surface area (Å²) < 4.78 is 0. The maximum atomic E-state index is 13.2. The first-order valence-electron chi connectivity index (χ1n) is 10.9. The molecule has 28 heavy (non-hydrogen) atoms. The molecule has 7 nitrogen and oxygen atoms in total. The summed E-state index contributed by atoms with van der Waals surface area (Å²) in [6.45, 7) is 10.5. The Morgan fingerprint density at radius 2 is 1.89 bits per heavy atom. The number of likely N-dealkylation sites (N-methyl/N-ethyl adjacent to an activating group) is 1. The zero-order chi connectivity index (χ0) is 20.7. The quantitative estimate of drug-likeness (QED) is 0.681. The summed E-state index contributed by atoms with van der Waals surface area (Å²) in [6, 6.07) is 0.104. The van der Waals surface area contributed by atoms with E-state index in [0.717, 1.165) is 32.5 Å². The van der Waals surface area contributed by atoms with E-state index in [1.54, 1.807) is 0 Å². The highest BCUT2D eigenvalue weighted by Crippen LogP contribution is 2.36. The summed E-state index contributed by atoms with van der Waals surface area (Å²) in [7, 11) is 2.04. The van der Waals surface area contributed by atoms with Crippen molar-refractivity contribution < 1.29 is 14.4 Å². The molecule has 0 bridgehead atoms. The summed E-state index contributed by atoms with van der Waals surface area (Å²) in [5, 5.41) is 2.92. The highest BCUT2D eigenvalue weighted by atomic mass is 16.2. The van der Waals surface area contributed by atoms with Crippen LogP contribution in [-0.2, 0) is 9.59 Å². The minimum absolute atomic E-state index is 0.0921. The maximum absolute atomic E-state index is 13.2. The lowest BCUT2D eigenvalue weighted by atomic mass is 9.74. The number of nitrogens with one attached hydrogen (secondary N) is 1. The van der Waals surface area contributed by atoms with Crippen molar-refractivity contribution in [1.82, 2.24) is 20.0 Å². The summed E-state index contributed by atoms with van der Waals surface area (Å²) in [5.41, 5.74) is 0. The molecule has 1 heterocycles. The van der Waals surface area contributed by atoms with Crippen LogP contribution in [0.3, 0.4) is 0 Å². The molecule has 7 heteroatoms. The van der Waals surface area contributed by atoms with Crippen molar-refractivity contribution in [3.63, 3.8) is 0 Å². The van der Waals surface area contributed by atoms with Crippen LogP contribution in [0.1, 0.15) is 52.9 Å². The lowest BCUT2D eigenvalue weighted by Crippen LogP contribution is -2.55. The Hall–Kier alpha value is -1.47. The van der Waals surface area contributed by atoms with Crippen LogP contribution in [0.2, 0.25) is 0 Å². The minimum atomic E-state index is -0.288. The van der Waals surface area contributed by atoms with Crippen molar-refractivity contribution >= 4 is 17.7 Å². The van der Waals surface area contributed by atoms with Gasteiger partial charge in [0.15, 0.2) is 0 Å². The number of imide groups is 1. The molecule has 2 aliphatic rings. The summed E-state index contributed by atoms with van der Waals surface area (Å²) in [5.74, 6) is 0.244. The Morgan fingerprint density at radius 3 is 2.54 bits per heavy atom. The van der Waals surface area contributed by atoms with E-state index in [1.165, 1.54) is 4.90 Å². The van der Waals surface area contributed by atoms with Gasteiger partial charge >= 0.3 is 6.03 Å². The molecule has 1 N–H and O–H groups in total. The van der Waals surface area contributed by atoms with Gasteiger partial charge in [-0.25, -0.2) is 4.79 Å². The number of hydrogen-bond acceptors (Lipinski definition) is 5. The molecule has 0 aromatic heterocycles. The van der Waals surface area contributed by atoms with Crippen LogP contribution in [0.15, 0.2) is 0 Å². The second kappa shape index (κ2) is 10.9. The smallest absolute Gasteiger partial charge is 0.324 e. The molecule has 0 aromatic rings. The lowest BCUT2D eigenvalue weighted by molar-refractivity contribution is -0.138. The third-order valence-electron chi connectivity index (χ3n) is 6.32. The normalized spacial score (nSPS) is 25.5. The SMILES string of the molecule is CCCN(C(=O)NCCN(CC)CC)C(=O)[C@@H]1C[C@@H]2CC(=O)CC[C@H]2N(C)C1. The molecule has 3 amide bonds. The number of carbonyl (C=O) groups excluding carboxylic acids is 3. The Labute approximate surface area is 169 Å². The number of carbonyl (C=O) groups is 3. The maximum Gasteiger partial charge on any atom is 0.324 e. The van der Waals surface area contributed by atoms with E-state index in [0.29, 0.717) is 50.7 Å². The molecule has 0 unspecified atom stereocenters. The average Bonchev–Trinajstić information content (AvgIpc) is 2.68. The molecule has 1 saturated heterocycles. The van der Waals surface area contributed by atoms with Gasteiger partial charge in [-0.15, -0.1) is 0 Å². The van der Waals surface area contributed by atoms with E-state index in [4.69, 9.17) is 0 Å². The van der Waals surface area contributed by atoms with E-state index in [-0.39, 0.29) is 23.8 Å². The highest BCUT2D eigenvalue weighted by Gasteiger charge is 2.42. The van der Waals surface area contributed by atoms with Crippen molar-refractivity contribution in [2.24, 2.45) is 11.8 Å². The van der Waals surface area contributed by atoms with E-state index in [1.807, 2.05) is 14.0 Å². The first-order chi connectivity index (χ1) is 13.4. The fraction of sp³-hybridized carbons (Fsp3) is 0.857. The fourth-order valence-corrected chi connectivity index (χ4v) is 4.71. The Morgan fingerprint density at radius 1 is 1.18 bits per heavy atom. The minimum Gasteiger partial charge on any atom is -0.336 e. The zero-order valence-electron chi connectivity index (χ0n) is 18.1. The van der Waals surface area contributed by atoms with Crippen molar-refractivity contribution in [3.05, 3.63) is 0 Å². The number of ketones is 1. The van der Waals surface area contributed by atoms with Gasteiger partial charge in [-0.05, 0) is 45.3 Å². The van der Waals surface area contributed by atoms with Gasteiger partial charge < -0.3 is 15.1 Å². The number of amides is 3. The average molecular weight is 395 g/mol. The number of hydrogen-bond donors (Lipinski definition) is 1. The second-order valence-electron chi connectivity index (χ2n) is 8.23. The monoisotopic (exact) mass is 394 g/mol. The van der Waals surface area contributed by atoms with Crippen LogP contribution in [0.25, 0.3) is 0 Å². The molecular formula is C21H38N4O3. The molecule has 160 valence electrons. The third-order valence-corrected chi connectivity index (χ3v) is 6.32. The van der Waals surface area contributed by atoms with Crippen molar-refractivity contribution in [2.45, 2.75) is 58.9 Å². The molecule has 0 spiro atoms. The molecule has 3 atom stereocenters. The van der Waals surface area contributed by atoms with Gasteiger partial charge in [-0.1, -0.05) is 20.8 Å². The molecule has 0 radical (unpaired) electrons. The van der Waals surface area contributed by atoms with Gasteiger partial charge in [0, 0.05) is 45.1 Å². The molecule has 1 aliphatic heterocycles. The highest BCUT2D eigenvalue weighted by molar-refractivity contribution is 5.95. The largest absolute Gasteiger partial charge is 0.336 e. The summed E-state index contributed by atoms with van der Waals surface area (Å²) in [4.78, 5) is 43.6. The number of piperidine rings is 1. The van der Waals surface area contributed by atoms with Crippen LogP contribution in [0, 0.1) is 11.8 Å². The van der Waals surface area contributed by atoms with Gasteiger partial charge in [0.1, 0.15) is 5.78 Å². The lowest BCUT2D eigenvalue weighted by Gasteiger charge is -2.45. The van der Waals surface area contributed by atoms with Gasteiger partial charge in [0.2, 0.25) is 5.91 Å². The standard InChI is InChI=1S/C21H38N4O3/c1-5-11-25(21(28)22-10-12-24(6-2)7-3)20(27)17-13-16-14-18(26)8-9-19(16)23(4)15-17/h16-17,19H,5-15H2,1-4H3,(H,22,28)/t16-,17-,19-/m1/s1. The summed E-state index contributed by atoms with van der Waals surface area (Å²) in [6.07, 6.45) is 3.57.